The Bertz CT molecular complexity index is 642. The second-order valence-electron chi connectivity index (χ2n) is 5.55. The average Bonchev–Trinajstić information content (AvgIpc) is 2.50. The SMILES string of the molecule is CC(=O)[O-].CC(=O)[O-].[B+2]C(F)(F)C(F)(F)C(F)(F)C(F)(F)C(F)(F)C(F)(F)C(F)(F)C(F)(F)F. The minimum atomic E-state index is -8.61. The fourth-order valence-electron chi connectivity index (χ4n) is 1.18. The number of hydrogen-bond donors (Lipinski definition) is 0. The molecular weight excluding hydrogens is 542 g/mol. The fourth-order valence-corrected chi connectivity index (χ4v) is 1.18. The van der Waals surface area contributed by atoms with E-state index in [0.29, 0.717) is 0 Å². The molecular formula is C12H6BF17O4. The summed E-state index contributed by atoms with van der Waals surface area (Å²) in [5.41, 5.74) is 0. The molecule has 0 amide bonds. The van der Waals surface area contributed by atoms with Gasteiger partial charge in [0.05, 0.1) is 0 Å². The summed E-state index contributed by atoms with van der Waals surface area (Å²) in [6, 6.07) is 0. The monoisotopic (exact) mass is 548 g/mol. The van der Waals surface area contributed by atoms with Crippen LogP contribution in [0.3, 0.4) is 0 Å². The van der Waals surface area contributed by atoms with E-state index in [1.807, 2.05) is 0 Å². The first-order valence-electron chi connectivity index (χ1n) is 7.07. The molecule has 0 heterocycles. The Morgan fingerprint density at radius 3 is 0.765 bits per heavy atom. The molecule has 0 spiro atoms. The predicted molar refractivity (Wildman–Crippen MR) is 67.8 cm³/mol. The van der Waals surface area contributed by atoms with Gasteiger partial charge in [0.2, 0.25) is 0 Å². The van der Waals surface area contributed by atoms with Gasteiger partial charge < -0.3 is 19.8 Å². The summed E-state index contributed by atoms with van der Waals surface area (Å²) in [4.78, 5) is 17.8. The van der Waals surface area contributed by atoms with Gasteiger partial charge in [-0.15, -0.1) is 0 Å². The summed E-state index contributed by atoms with van der Waals surface area (Å²) in [6.45, 7) is 1.94. The van der Waals surface area contributed by atoms with Crippen LogP contribution < -0.4 is 10.2 Å². The molecule has 0 aromatic rings. The van der Waals surface area contributed by atoms with Crippen LogP contribution in [0.2, 0.25) is 0 Å². The molecule has 0 fully saturated rings. The van der Waals surface area contributed by atoms with Gasteiger partial charge in [-0.2, -0.15) is 0 Å². The molecule has 0 aromatic heterocycles. The van der Waals surface area contributed by atoms with E-state index in [4.69, 9.17) is 19.8 Å². The molecule has 0 atom stereocenters. The molecule has 0 radical (unpaired) electrons. The molecule has 0 N–H and O–H groups in total. The molecule has 4 nitrogen and oxygen atoms in total. The quantitative estimate of drug-likeness (QED) is 0.378. The van der Waals surface area contributed by atoms with Crippen molar-refractivity contribution in [2.45, 2.75) is 61.4 Å². The van der Waals surface area contributed by atoms with Crippen LogP contribution in [0.15, 0.2) is 0 Å². The third kappa shape index (κ3) is 6.69. The first-order chi connectivity index (χ1) is 14.2. The van der Waals surface area contributed by atoms with Crippen molar-refractivity contribution >= 4 is 19.8 Å². The molecule has 0 saturated carbocycles. The van der Waals surface area contributed by atoms with Crippen LogP contribution >= 0.6 is 0 Å². The van der Waals surface area contributed by atoms with Gasteiger partial charge in [0.15, 0.2) is 0 Å². The van der Waals surface area contributed by atoms with Crippen LogP contribution in [-0.2, 0) is 9.59 Å². The zero-order valence-electron chi connectivity index (χ0n) is 15.6. The van der Waals surface area contributed by atoms with Gasteiger partial charge in [-0.05, 0) is 13.8 Å². The molecule has 0 aliphatic carbocycles. The van der Waals surface area contributed by atoms with E-state index in [1.54, 1.807) is 0 Å². The topological polar surface area (TPSA) is 80.3 Å². The normalized spacial score (nSPS) is 14.4. The van der Waals surface area contributed by atoms with E-state index in [2.05, 4.69) is 7.85 Å². The third-order valence-corrected chi connectivity index (χ3v) is 2.75. The van der Waals surface area contributed by atoms with Crippen molar-refractivity contribution in [2.75, 3.05) is 0 Å². The predicted octanol–water partition coefficient (Wildman–Crippen LogP) is 2.63. The second-order valence-corrected chi connectivity index (χ2v) is 5.55. The van der Waals surface area contributed by atoms with E-state index >= 15 is 0 Å². The number of carbonyl (C=O) groups excluding carboxylic acids is 2. The van der Waals surface area contributed by atoms with E-state index in [0.717, 1.165) is 13.8 Å². The van der Waals surface area contributed by atoms with E-state index in [1.165, 1.54) is 0 Å². The van der Waals surface area contributed by atoms with Gasteiger partial charge in [0, 0.05) is 11.9 Å². The number of rotatable bonds is 6. The third-order valence-electron chi connectivity index (χ3n) is 2.75. The van der Waals surface area contributed by atoms with Gasteiger partial charge in [-0.3, -0.25) is 0 Å². The number of alkyl halides is 17. The number of carboxylic acids is 2. The Morgan fingerprint density at radius 1 is 0.471 bits per heavy atom. The number of carboxylic acid groups (broad SMARTS) is 2. The number of hydrogen-bond acceptors (Lipinski definition) is 4. The molecule has 0 aromatic carbocycles. The minimum absolute atomic E-state index is 0.972. The summed E-state index contributed by atoms with van der Waals surface area (Å²) in [5, 5.41) is 17.8. The number of carbonyl (C=O) groups is 2. The zero-order valence-corrected chi connectivity index (χ0v) is 15.6. The van der Waals surface area contributed by atoms with E-state index in [-0.39, 0.29) is 0 Å². The summed E-state index contributed by atoms with van der Waals surface area (Å²) < 4.78 is 211. The van der Waals surface area contributed by atoms with Gasteiger partial charge in [-0.1, -0.05) is 0 Å². The first-order valence-corrected chi connectivity index (χ1v) is 7.07. The van der Waals surface area contributed by atoms with Crippen molar-refractivity contribution < 1.29 is 94.4 Å². The van der Waals surface area contributed by atoms with Crippen LogP contribution in [0.25, 0.3) is 0 Å². The maximum atomic E-state index is 12.9. The van der Waals surface area contributed by atoms with Crippen LogP contribution in [0.4, 0.5) is 74.6 Å². The second kappa shape index (κ2) is 10.2. The standard InChI is InChI=1S/C8BF17.2C2H4O2/c9-7(22,23)5(18,19)3(14,15)1(10,11)2(12,13)4(16,17)6(20,21)8(24,25)26;2*1-2(3)4/h;2*1H3,(H,3,4)/q+2;;/p-2. The molecule has 34 heavy (non-hydrogen) atoms. The Hall–Kier alpha value is -2.19. The van der Waals surface area contributed by atoms with Gasteiger partial charge in [0.25, 0.3) is 0 Å². The molecule has 0 rings (SSSR count). The van der Waals surface area contributed by atoms with Crippen LogP contribution in [0.1, 0.15) is 13.8 Å². The number of halogens is 17. The van der Waals surface area contributed by atoms with Crippen molar-refractivity contribution in [1.82, 2.24) is 0 Å². The van der Waals surface area contributed by atoms with E-state index in [9.17, 15) is 74.6 Å². The van der Waals surface area contributed by atoms with Crippen LogP contribution in [-0.4, -0.2) is 67.3 Å². The fraction of sp³-hybridized carbons (Fsp3) is 0.833. The van der Waals surface area contributed by atoms with Crippen LogP contribution in [0, 0.1) is 0 Å². The zero-order chi connectivity index (χ0) is 29.2. The van der Waals surface area contributed by atoms with Gasteiger partial charge >= 0.3 is 130 Å². The van der Waals surface area contributed by atoms with Gasteiger partial charge in [-0.25, -0.2) is 0 Å². The van der Waals surface area contributed by atoms with Crippen molar-refractivity contribution in [3.63, 3.8) is 0 Å². The van der Waals surface area contributed by atoms with Crippen molar-refractivity contribution in [2.24, 2.45) is 0 Å². The molecule has 22 heteroatoms. The Balaban J connectivity index is -0.00000103. The molecule has 0 bridgehead atoms. The average molecular weight is 548 g/mol. The molecule has 0 saturated heterocycles. The summed E-state index contributed by atoms with van der Waals surface area (Å²) in [7, 11) is 3.05. The molecule has 200 valence electrons. The summed E-state index contributed by atoms with van der Waals surface area (Å²) in [5.74, 6) is -58.9. The van der Waals surface area contributed by atoms with Crippen molar-refractivity contribution in [3.05, 3.63) is 0 Å². The van der Waals surface area contributed by atoms with Crippen molar-refractivity contribution in [3.8, 4) is 0 Å². The van der Waals surface area contributed by atoms with Crippen molar-refractivity contribution in [1.29, 1.82) is 0 Å². The number of aliphatic carboxylic acids is 2. The molecule has 0 aliphatic heterocycles. The summed E-state index contributed by atoms with van der Waals surface area (Å²) in [6.07, 6.45) is -7.76. The Labute approximate surface area is 177 Å². The Kier molecular flexibility index (Phi) is 10.9. The van der Waals surface area contributed by atoms with Gasteiger partial charge in [0.1, 0.15) is 0 Å². The first kappa shape index (κ1) is 36.4. The molecule has 0 aliphatic rings. The Morgan fingerprint density at radius 2 is 0.618 bits per heavy atom. The summed E-state index contributed by atoms with van der Waals surface area (Å²) >= 11 is 0. The van der Waals surface area contributed by atoms with E-state index < -0.39 is 59.5 Å². The van der Waals surface area contributed by atoms with Crippen LogP contribution in [0.5, 0.6) is 0 Å². The molecule has 0 unspecified atom stereocenters. The maximum absolute atomic E-state index is 12.9.